The van der Waals surface area contributed by atoms with E-state index >= 15 is 0 Å². The molecular formula is C17H24N2O. The van der Waals surface area contributed by atoms with E-state index in [1.165, 1.54) is 16.7 Å². The maximum absolute atomic E-state index is 12.4. The Bertz CT molecular complexity index is 518. The van der Waals surface area contributed by atoms with Crippen LogP contribution in [0.5, 0.6) is 0 Å². The largest absolute Gasteiger partial charge is 0.338 e. The van der Waals surface area contributed by atoms with Crippen LogP contribution in [0.25, 0.3) is 0 Å². The zero-order chi connectivity index (χ0) is 14.2. The molecule has 0 bridgehead atoms. The molecule has 0 radical (unpaired) electrons. The molecule has 0 saturated carbocycles. The molecule has 2 fully saturated rings. The SMILES string of the molecule is Cc1ccc(C)c(CN2CC3(CCNCC3)CC2=O)c1. The van der Waals surface area contributed by atoms with Crippen LogP contribution in [0.2, 0.25) is 0 Å². The first-order chi connectivity index (χ1) is 9.58. The van der Waals surface area contributed by atoms with Gasteiger partial charge >= 0.3 is 0 Å². The number of piperidine rings is 1. The summed E-state index contributed by atoms with van der Waals surface area (Å²) >= 11 is 0. The lowest BCUT2D eigenvalue weighted by molar-refractivity contribution is -0.128. The average Bonchev–Trinajstić information content (AvgIpc) is 2.71. The Morgan fingerprint density at radius 2 is 2.00 bits per heavy atom. The number of carbonyl (C=O) groups is 1. The molecule has 3 rings (SSSR count). The maximum atomic E-state index is 12.4. The summed E-state index contributed by atoms with van der Waals surface area (Å²) in [5.41, 5.74) is 4.10. The fourth-order valence-electron chi connectivity index (χ4n) is 3.59. The number of hydrogen-bond acceptors (Lipinski definition) is 2. The van der Waals surface area contributed by atoms with Gasteiger partial charge in [-0.15, -0.1) is 0 Å². The van der Waals surface area contributed by atoms with Crippen molar-refractivity contribution in [1.29, 1.82) is 0 Å². The van der Waals surface area contributed by atoms with Crippen molar-refractivity contribution in [3.05, 3.63) is 34.9 Å². The van der Waals surface area contributed by atoms with Crippen LogP contribution in [0.4, 0.5) is 0 Å². The standard InChI is InChI=1S/C17H24N2O/c1-13-3-4-14(2)15(9-13)11-19-12-17(10-16(19)20)5-7-18-8-6-17/h3-4,9,18H,5-8,10-12H2,1-2H3. The first kappa shape index (κ1) is 13.6. The van der Waals surface area contributed by atoms with Gasteiger partial charge in [-0.3, -0.25) is 4.79 Å². The molecule has 1 amide bonds. The fraction of sp³-hybridized carbons (Fsp3) is 0.588. The second-order valence-electron chi connectivity index (χ2n) is 6.61. The van der Waals surface area contributed by atoms with Crippen LogP contribution in [0.1, 0.15) is 36.0 Å². The number of hydrogen-bond donors (Lipinski definition) is 1. The number of likely N-dealkylation sites (tertiary alicyclic amines) is 1. The van der Waals surface area contributed by atoms with Crippen LogP contribution in [-0.4, -0.2) is 30.4 Å². The van der Waals surface area contributed by atoms with Crippen molar-refractivity contribution in [3.63, 3.8) is 0 Å². The van der Waals surface area contributed by atoms with Gasteiger partial charge in [-0.2, -0.15) is 0 Å². The lowest BCUT2D eigenvalue weighted by Crippen LogP contribution is -2.38. The molecule has 1 aromatic carbocycles. The van der Waals surface area contributed by atoms with Gasteiger partial charge in [0.15, 0.2) is 0 Å². The van der Waals surface area contributed by atoms with E-state index < -0.39 is 0 Å². The molecular weight excluding hydrogens is 248 g/mol. The third kappa shape index (κ3) is 2.59. The molecule has 1 aromatic rings. The van der Waals surface area contributed by atoms with E-state index in [9.17, 15) is 4.79 Å². The molecule has 3 heteroatoms. The van der Waals surface area contributed by atoms with Crippen LogP contribution in [0.15, 0.2) is 18.2 Å². The van der Waals surface area contributed by atoms with E-state index in [4.69, 9.17) is 0 Å². The van der Waals surface area contributed by atoms with Crippen LogP contribution in [0.3, 0.4) is 0 Å². The molecule has 1 spiro atoms. The van der Waals surface area contributed by atoms with Gasteiger partial charge in [0.25, 0.3) is 0 Å². The Kier molecular flexibility index (Phi) is 3.55. The van der Waals surface area contributed by atoms with Gasteiger partial charge in [-0.1, -0.05) is 23.8 Å². The first-order valence-corrected chi connectivity index (χ1v) is 7.63. The molecule has 2 aliphatic rings. The molecule has 0 unspecified atom stereocenters. The smallest absolute Gasteiger partial charge is 0.223 e. The molecule has 2 aliphatic heterocycles. The number of nitrogens with zero attached hydrogens (tertiary/aromatic N) is 1. The number of rotatable bonds is 2. The Hall–Kier alpha value is -1.35. The average molecular weight is 272 g/mol. The van der Waals surface area contributed by atoms with E-state index in [1.807, 2.05) is 0 Å². The summed E-state index contributed by atoms with van der Waals surface area (Å²) in [5.74, 6) is 0.341. The van der Waals surface area contributed by atoms with Crippen LogP contribution in [-0.2, 0) is 11.3 Å². The monoisotopic (exact) mass is 272 g/mol. The van der Waals surface area contributed by atoms with E-state index in [1.54, 1.807) is 0 Å². The second-order valence-corrected chi connectivity index (χ2v) is 6.61. The highest BCUT2D eigenvalue weighted by atomic mass is 16.2. The van der Waals surface area contributed by atoms with Crippen molar-refractivity contribution in [2.45, 2.75) is 39.7 Å². The number of benzene rings is 1. The Labute approximate surface area is 121 Å². The first-order valence-electron chi connectivity index (χ1n) is 7.63. The van der Waals surface area contributed by atoms with Gasteiger partial charge in [0.1, 0.15) is 0 Å². The summed E-state index contributed by atoms with van der Waals surface area (Å²) in [6, 6.07) is 6.51. The highest BCUT2D eigenvalue weighted by molar-refractivity contribution is 5.79. The summed E-state index contributed by atoms with van der Waals surface area (Å²) in [7, 11) is 0. The summed E-state index contributed by atoms with van der Waals surface area (Å²) < 4.78 is 0. The van der Waals surface area contributed by atoms with Crippen molar-refractivity contribution >= 4 is 5.91 Å². The minimum absolute atomic E-state index is 0.250. The predicted molar refractivity (Wildman–Crippen MR) is 80.5 cm³/mol. The normalized spacial score (nSPS) is 21.7. The third-order valence-corrected chi connectivity index (χ3v) is 4.94. The zero-order valence-corrected chi connectivity index (χ0v) is 12.5. The van der Waals surface area contributed by atoms with E-state index in [-0.39, 0.29) is 5.41 Å². The Balaban J connectivity index is 1.75. The minimum Gasteiger partial charge on any atom is -0.338 e. The maximum Gasteiger partial charge on any atom is 0.223 e. The third-order valence-electron chi connectivity index (χ3n) is 4.94. The number of aryl methyl sites for hydroxylation is 2. The molecule has 2 saturated heterocycles. The summed E-state index contributed by atoms with van der Waals surface area (Å²) in [6.07, 6.45) is 3.03. The van der Waals surface area contributed by atoms with Crippen LogP contribution >= 0.6 is 0 Å². The van der Waals surface area contributed by atoms with E-state index in [0.29, 0.717) is 5.91 Å². The second kappa shape index (κ2) is 5.21. The van der Waals surface area contributed by atoms with Crippen LogP contribution < -0.4 is 5.32 Å². The minimum atomic E-state index is 0.250. The molecule has 0 aromatic heterocycles. The highest BCUT2D eigenvalue weighted by Gasteiger charge is 2.43. The summed E-state index contributed by atoms with van der Waals surface area (Å²) in [4.78, 5) is 14.4. The van der Waals surface area contributed by atoms with Gasteiger partial charge in [0.05, 0.1) is 0 Å². The van der Waals surface area contributed by atoms with Gasteiger partial charge in [-0.25, -0.2) is 0 Å². The number of amides is 1. The van der Waals surface area contributed by atoms with Crippen molar-refractivity contribution in [1.82, 2.24) is 10.2 Å². The van der Waals surface area contributed by atoms with Crippen molar-refractivity contribution in [2.75, 3.05) is 19.6 Å². The molecule has 0 aliphatic carbocycles. The lowest BCUT2D eigenvalue weighted by Gasteiger charge is -2.33. The van der Waals surface area contributed by atoms with Gasteiger partial charge in [-0.05, 0) is 56.3 Å². The van der Waals surface area contributed by atoms with Crippen LogP contribution in [0, 0.1) is 19.3 Å². The highest BCUT2D eigenvalue weighted by Crippen LogP contribution is 2.39. The van der Waals surface area contributed by atoms with Gasteiger partial charge in [0, 0.05) is 19.5 Å². The Morgan fingerprint density at radius 1 is 1.25 bits per heavy atom. The number of nitrogens with one attached hydrogen (secondary N) is 1. The van der Waals surface area contributed by atoms with E-state index in [0.717, 1.165) is 45.4 Å². The predicted octanol–water partition coefficient (Wildman–Crippen LogP) is 2.41. The lowest BCUT2D eigenvalue weighted by atomic mass is 9.78. The molecule has 2 heterocycles. The van der Waals surface area contributed by atoms with Crippen molar-refractivity contribution in [2.24, 2.45) is 5.41 Å². The van der Waals surface area contributed by atoms with Crippen molar-refractivity contribution < 1.29 is 4.79 Å². The summed E-state index contributed by atoms with van der Waals surface area (Å²) in [6.45, 7) is 8.09. The Morgan fingerprint density at radius 3 is 2.75 bits per heavy atom. The quantitative estimate of drug-likeness (QED) is 0.896. The zero-order valence-electron chi connectivity index (χ0n) is 12.5. The molecule has 1 N–H and O–H groups in total. The molecule has 3 nitrogen and oxygen atoms in total. The van der Waals surface area contributed by atoms with Gasteiger partial charge < -0.3 is 10.2 Å². The summed E-state index contributed by atoms with van der Waals surface area (Å²) in [5, 5.41) is 3.40. The van der Waals surface area contributed by atoms with E-state index in [2.05, 4.69) is 42.3 Å². The van der Waals surface area contributed by atoms with Crippen molar-refractivity contribution in [3.8, 4) is 0 Å². The molecule has 0 atom stereocenters. The van der Waals surface area contributed by atoms with Gasteiger partial charge in [0.2, 0.25) is 5.91 Å². The topological polar surface area (TPSA) is 32.3 Å². The molecule has 20 heavy (non-hydrogen) atoms. The number of carbonyl (C=O) groups excluding carboxylic acids is 1. The fourth-order valence-corrected chi connectivity index (χ4v) is 3.59. The molecule has 108 valence electrons.